The Bertz CT molecular complexity index is 1000. The number of hydrogen-bond donors (Lipinski definition) is 0. The van der Waals surface area contributed by atoms with Crippen LogP contribution in [0.5, 0.6) is 0 Å². The predicted octanol–water partition coefficient (Wildman–Crippen LogP) is 4.34. The third-order valence-electron chi connectivity index (χ3n) is 6.40. The monoisotopic (exact) mass is 372 g/mol. The van der Waals surface area contributed by atoms with E-state index in [1.54, 1.807) is 18.6 Å². The minimum absolute atomic E-state index is 0.0537. The summed E-state index contributed by atoms with van der Waals surface area (Å²) in [4.78, 5) is 28.4. The van der Waals surface area contributed by atoms with Crippen LogP contribution in [0, 0.1) is 11.8 Å². The largest absolute Gasteiger partial charge is 0.337 e. The summed E-state index contributed by atoms with van der Waals surface area (Å²) < 4.78 is 0. The molecule has 28 heavy (non-hydrogen) atoms. The van der Waals surface area contributed by atoms with Crippen molar-refractivity contribution >= 4 is 16.8 Å². The predicted molar refractivity (Wildman–Crippen MR) is 109 cm³/mol. The molecule has 3 aromatic rings. The highest BCUT2D eigenvalue weighted by Gasteiger charge is 2.33. The quantitative estimate of drug-likeness (QED) is 0.671. The van der Waals surface area contributed by atoms with Crippen LogP contribution in [0.1, 0.15) is 42.6 Å². The fraction of sp³-hybridized carbons (Fsp3) is 0.391. The van der Waals surface area contributed by atoms with Crippen molar-refractivity contribution in [3.05, 3.63) is 54.7 Å². The molecule has 1 amide bonds. The van der Waals surface area contributed by atoms with E-state index in [0.29, 0.717) is 11.6 Å². The van der Waals surface area contributed by atoms with Crippen molar-refractivity contribution in [2.45, 2.75) is 32.1 Å². The molecule has 5 heteroatoms. The summed E-state index contributed by atoms with van der Waals surface area (Å²) in [7, 11) is 0. The van der Waals surface area contributed by atoms with Crippen molar-refractivity contribution in [1.82, 2.24) is 19.9 Å². The van der Waals surface area contributed by atoms with E-state index in [9.17, 15) is 4.79 Å². The van der Waals surface area contributed by atoms with Gasteiger partial charge in [-0.2, -0.15) is 0 Å². The Morgan fingerprint density at radius 2 is 1.75 bits per heavy atom. The number of nitrogens with zero attached hydrogens (tertiary/aromatic N) is 4. The Morgan fingerprint density at radius 3 is 2.61 bits per heavy atom. The number of carbonyl (C=O) groups is 1. The number of rotatable bonds is 2. The van der Waals surface area contributed by atoms with Crippen molar-refractivity contribution < 1.29 is 4.79 Å². The molecule has 2 fully saturated rings. The smallest absolute Gasteiger partial charge is 0.272 e. The highest BCUT2D eigenvalue weighted by Crippen LogP contribution is 2.36. The molecule has 0 bridgehead atoms. The molecular formula is C23H24N4O. The molecule has 1 saturated carbocycles. The van der Waals surface area contributed by atoms with Gasteiger partial charge in [0, 0.05) is 43.3 Å². The van der Waals surface area contributed by atoms with Gasteiger partial charge in [0.1, 0.15) is 5.69 Å². The maximum atomic E-state index is 13.3. The van der Waals surface area contributed by atoms with Crippen LogP contribution in [0.4, 0.5) is 0 Å². The maximum absolute atomic E-state index is 13.3. The molecule has 0 N–H and O–H groups in total. The summed E-state index contributed by atoms with van der Waals surface area (Å²) in [5, 5.41) is 0.955. The van der Waals surface area contributed by atoms with Gasteiger partial charge >= 0.3 is 0 Å². The fourth-order valence-electron chi connectivity index (χ4n) is 4.90. The standard InChI is InChI=1S/C23H24N4O/c28-23(27-12-8-16-3-1-2-4-18(16)15-27)22-13-19(17-5-9-24-10-6-17)20-14-25-11-7-21(20)26-22/h5-7,9-11,13-14,16,18H,1-4,8,12,15H2/t16-,18+/m1/s1. The van der Waals surface area contributed by atoms with E-state index in [1.165, 1.54) is 25.7 Å². The average molecular weight is 372 g/mol. The molecule has 142 valence electrons. The van der Waals surface area contributed by atoms with E-state index in [4.69, 9.17) is 4.98 Å². The van der Waals surface area contributed by atoms with Crippen LogP contribution >= 0.6 is 0 Å². The first-order valence-corrected chi connectivity index (χ1v) is 10.2. The van der Waals surface area contributed by atoms with Crippen LogP contribution in [0.2, 0.25) is 0 Å². The van der Waals surface area contributed by atoms with Gasteiger partial charge in [-0.15, -0.1) is 0 Å². The number of hydrogen-bond acceptors (Lipinski definition) is 4. The maximum Gasteiger partial charge on any atom is 0.272 e. The summed E-state index contributed by atoms with van der Waals surface area (Å²) in [6.45, 7) is 1.73. The second-order valence-corrected chi connectivity index (χ2v) is 8.03. The van der Waals surface area contributed by atoms with Crippen LogP contribution < -0.4 is 0 Å². The summed E-state index contributed by atoms with van der Waals surface area (Å²) in [6.07, 6.45) is 13.5. The first-order chi connectivity index (χ1) is 13.8. The van der Waals surface area contributed by atoms with E-state index < -0.39 is 0 Å². The molecule has 0 unspecified atom stereocenters. The minimum atomic E-state index is 0.0537. The number of likely N-dealkylation sites (tertiary alicyclic amines) is 1. The van der Waals surface area contributed by atoms with Crippen LogP contribution in [0.15, 0.2) is 49.1 Å². The topological polar surface area (TPSA) is 59.0 Å². The van der Waals surface area contributed by atoms with Gasteiger partial charge in [0.2, 0.25) is 0 Å². The van der Waals surface area contributed by atoms with Gasteiger partial charge in [0.05, 0.1) is 5.52 Å². The van der Waals surface area contributed by atoms with Crippen molar-refractivity contribution in [3.63, 3.8) is 0 Å². The molecule has 0 radical (unpaired) electrons. The minimum Gasteiger partial charge on any atom is -0.337 e. The number of piperidine rings is 1. The van der Waals surface area contributed by atoms with E-state index >= 15 is 0 Å². The second kappa shape index (κ2) is 7.30. The van der Waals surface area contributed by atoms with Crippen LogP contribution in [0.3, 0.4) is 0 Å². The Balaban J connectivity index is 1.51. The highest BCUT2D eigenvalue weighted by molar-refractivity contribution is 6.01. The molecule has 5 rings (SSSR count). The molecule has 4 heterocycles. The zero-order valence-corrected chi connectivity index (χ0v) is 15.9. The number of aromatic nitrogens is 3. The van der Waals surface area contributed by atoms with Gasteiger partial charge in [-0.25, -0.2) is 4.98 Å². The fourth-order valence-corrected chi connectivity index (χ4v) is 4.90. The second-order valence-electron chi connectivity index (χ2n) is 8.03. The highest BCUT2D eigenvalue weighted by atomic mass is 16.2. The molecule has 1 saturated heterocycles. The lowest BCUT2D eigenvalue weighted by Gasteiger charge is -2.41. The Morgan fingerprint density at radius 1 is 0.964 bits per heavy atom. The summed E-state index contributed by atoms with van der Waals surface area (Å²) in [6, 6.07) is 7.73. The third kappa shape index (κ3) is 3.15. The first-order valence-electron chi connectivity index (χ1n) is 10.2. The first kappa shape index (κ1) is 17.3. The van der Waals surface area contributed by atoms with Crippen molar-refractivity contribution in [1.29, 1.82) is 0 Å². The SMILES string of the molecule is O=C(c1cc(-c2ccncc2)c2cnccc2n1)N1CC[C@H]2CCCC[C@H]2C1. The molecule has 0 spiro atoms. The van der Waals surface area contributed by atoms with Crippen LogP contribution in [-0.2, 0) is 0 Å². The zero-order valence-electron chi connectivity index (χ0n) is 15.9. The molecular weight excluding hydrogens is 348 g/mol. The zero-order chi connectivity index (χ0) is 18.9. The number of amides is 1. The van der Waals surface area contributed by atoms with Gasteiger partial charge < -0.3 is 4.90 Å². The number of carbonyl (C=O) groups excluding carboxylic acids is 1. The van der Waals surface area contributed by atoms with Gasteiger partial charge in [0.15, 0.2) is 0 Å². The van der Waals surface area contributed by atoms with E-state index in [1.807, 2.05) is 35.4 Å². The Labute approximate surface area is 164 Å². The molecule has 3 aromatic heterocycles. The molecule has 1 aliphatic carbocycles. The molecule has 2 aliphatic rings. The lowest BCUT2D eigenvalue weighted by atomic mass is 9.75. The normalized spacial score (nSPS) is 22.1. The summed E-state index contributed by atoms with van der Waals surface area (Å²) >= 11 is 0. The lowest BCUT2D eigenvalue weighted by molar-refractivity contribution is 0.0516. The van der Waals surface area contributed by atoms with E-state index in [2.05, 4.69) is 9.97 Å². The lowest BCUT2D eigenvalue weighted by Crippen LogP contribution is -2.45. The summed E-state index contributed by atoms with van der Waals surface area (Å²) in [5.41, 5.74) is 3.34. The Kier molecular flexibility index (Phi) is 4.51. The van der Waals surface area contributed by atoms with Crippen molar-refractivity contribution in [2.24, 2.45) is 11.8 Å². The average Bonchev–Trinajstić information content (AvgIpc) is 2.78. The van der Waals surface area contributed by atoms with Gasteiger partial charge in [0.25, 0.3) is 5.91 Å². The van der Waals surface area contributed by atoms with Crippen LogP contribution in [-0.4, -0.2) is 38.8 Å². The third-order valence-corrected chi connectivity index (χ3v) is 6.40. The van der Waals surface area contributed by atoms with E-state index in [-0.39, 0.29) is 5.91 Å². The molecule has 1 aliphatic heterocycles. The molecule has 5 nitrogen and oxygen atoms in total. The molecule has 0 aromatic carbocycles. The molecule has 2 atom stereocenters. The van der Waals surface area contributed by atoms with Gasteiger partial charge in [-0.1, -0.05) is 19.3 Å². The summed E-state index contributed by atoms with van der Waals surface area (Å²) in [5.74, 6) is 1.52. The number of fused-ring (bicyclic) bond motifs is 2. The van der Waals surface area contributed by atoms with Gasteiger partial charge in [-0.05, 0) is 60.1 Å². The Hall–Kier alpha value is -2.82. The van der Waals surface area contributed by atoms with Crippen molar-refractivity contribution in [2.75, 3.05) is 13.1 Å². The van der Waals surface area contributed by atoms with Crippen LogP contribution in [0.25, 0.3) is 22.0 Å². The van der Waals surface area contributed by atoms with Crippen molar-refractivity contribution in [3.8, 4) is 11.1 Å². The number of pyridine rings is 3. The van der Waals surface area contributed by atoms with E-state index in [0.717, 1.165) is 47.5 Å². The van der Waals surface area contributed by atoms with Gasteiger partial charge in [-0.3, -0.25) is 14.8 Å².